The highest BCUT2D eigenvalue weighted by molar-refractivity contribution is 6.31. The first-order chi connectivity index (χ1) is 9.51. The van der Waals surface area contributed by atoms with Crippen molar-refractivity contribution in [1.82, 2.24) is 5.43 Å². The number of nitrogen functional groups attached to an aromatic ring is 1. The van der Waals surface area contributed by atoms with Crippen molar-refractivity contribution in [3.05, 3.63) is 63.9 Å². The van der Waals surface area contributed by atoms with Gasteiger partial charge < -0.3 is 5.73 Å². The summed E-state index contributed by atoms with van der Waals surface area (Å²) in [4.78, 5) is 0. The van der Waals surface area contributed by atoms with Gasteiger partial charge >= 0.3 is 0 Å². The van der Waals surface area contributed by atoms with Gasteiger partial charge in [0.15, 0.2) is 0 Å². The maximum absolute atomic E-state index is 13.4. The summed E-state index contributed by atoms with van der Waals surface area (Å²) >= 11 is 6.22. The Labute approximate surface area is 122 Å². The van der Waals surface area contributed by atoms with Crippen molar-refractivity contribution in [1.29, 1.82) is 0 Å². The molecule has 0 aliphatic rings. The smallest absolute Gasteiger partial charge is 0.123 e. The average molecular weight is 294 g/mol. The van der Waals surface area contributed by atoms with E-state index in [0.29, 0.717) is 22.7 Å². The Morgan fingerprint density at radius 1 is 1.25 bits per heavy atom. The third-order valence-corrected chi connectivity index (χ3v) is 3.61. The van der Waals surface area contributed by atoms with Gasteiger partial charge in [-0.05, 0) is 54.3 Å². The maximum Gasteiger partial charge on any atom is 0.123 e. The van der Waals surface area contributed by atoms with Crippen LogP contribution in [0.2, 0.25) is 5.02 Å². The molecule has 2 rings (SSSR count). The molecular formula is C15H17ClFN3. The van der Waals surface area contributed by atoms with E-state index in [4.69, 9.17) is 23.2 Å². The minimum Gasteiger partial charge on any atom is -0.398 e. The number of benzene rings is 2. The van der Waals surface area contributed by atoms with E-state index in [1.54, 1.807) is 0 Å². The number of nitrogens with two attached hydrogens (primary N) is 2. The standard InChI is InChI=1S/C15H17ClFN3/c1-9-2-3-10(13(16)6-9)7-15(20-19)12-8-11(17)4-5-14(12)18/h2-6,8,15,20H,7,18-19H2,1H3. The van der Waals surface area contributed by atoms with Crippen LogP contribution in [0.4, 0.5) is 10.1 Å². The zero-order valence-electron chi connectivity index (χ0n) is 11.2. The molecule has 1 unspecified atom stereocenters. The lowest BCUT2D eigenvalue weighted by atomic mass is 9.97. The molecule has 0 radical (unpaired) electrons. The van der Waals surface area contributed by atoms with Crippen LogP contribution in [-0.2, 0) is 6.42 Å². The first-order valence-corrected chi connectivity index (χ1v) is 6.65. The van der Waals surface area contributed by atoms with E-state index in [2.05, 4.69) is 5.43 Å². The van der Waals surface area contributed by atoms with E-state index in [-0.39, 0.29) is 11.9 Å². The highest BCUT2D eigenvalue weighted by Crippen LogP contribution is 2.27. The fraction of sp³-hybridized carbons (Fsp3) is 0.200. The van der Waals surface area contributed by atoms with Crippen molar-refractivity contribution in [3.63, 3.8) is 0 Å². The third-order valence-electron chi connectivity index (χ3n) is 3.26. The molecule has 1 atom stereocenters. The normalized spacial score (nSPS) is 12.4. The number of aryl methyl sites for hydroxylation is 1. The zero-order chi connectivity index (χ0) is 14.7. The van der Waals surface area contributed by atoms with Gasteiger partial charge in [0.2, 0.25) is 0 Å². The highest BCUT2D eigenvalue weighted by Gasteiger charge is 2.16. The highest BCUT2D eigenvalue weighted by atomic mass is 35.5. The summed E-state index contributed by atoms with van der Waals surface area (Å²) in [6, 6.07) is 9.76. The first-order valence-electron chi connectivity index (χ1n) is 6.27. The molecule has 0 aliphatic heterocycles. The second kappa shape index (κ2) is 6.22. The summed E-state index contributed by atoms with van der Waals surface area (Å²) in [5.74, 6) is 5.24. The monoisotopic (exact) mass is 293 g/mol. The SMILES string of the molecule is Cc1ccc(CC(NN)c2cc(F)ccc2N)c(Cl)c1. The van der Waals surface area contributed by atoms with Gasteiger partial charge in [0, 0.05) is 10.7 Å². The van der Waals surface area contributed by atoms with E-state index in [1.807, 2.05) is 25.1 Å². The van der Waals surface area contributed by atoms with Crippen molar-refractivity contribution in [3.8, 4) is 0 Å². The lowest BCUT2D eigenvalue weighted by molar-refractivity contribution is 0.546. The van der Waals surface area contributed by atoms with Crippen molar-refractivity contribution in [2.75, 3.05) is 5.73 Å². The van der Waals surface area contributed by atoms with Crippen molar-refractivity contribution >= 4 is 17.3 Å². The van der Waals surface area contributed by atoms with Crippen LogP contribution >= 0.6 is 11.6 Å². The van der Waals surface area contributed by atoms with Crippen molar-refractivity contribution in [2.45, 2.75) is 19.4 Å². The molecule has 0 saturated carbocycles. The Hall–Kier alpha value is -1.62. The number of hydrazine groups is 1. The molecule has 5 heteroatoms. The largest absolute Gasteiger partial charge is 0.398 e. The quantitative estimate of drug-likeness (QED) is 0.461. The summed E-state index contributed by atoms with van der Waals surface area (Å²) < 4.78 is 13.4. The van der Waals surface area contributed by atoms with Crippen molar-refractivity contribution < 1.29 is 4.39 Å². The van der Waals surface area contributed by atoms with Gasteiger partial charge in [0.25, 0.3) is 0 Å². The third kappa shape index (κ3) is 3.28. The molecule has 5 N–H and O–H groups in total. The molecule has 106 valence electrons. The summed E-state index contributed by atoms with van der Waals surface area (Å²) in [5.41, 5.74) is 11.7. The summed E-state index contributed by atoms with van der Waals surface area (Å²) in [5, 5.41) is 0.667. The Balaban J connectivity index is 2.31. The number of nitrogens with one attached hydrogen (secondary N) is 1. The van der Waals surface area contributed by atoms with Gasteiger partial charge in [-0.2, -0.15) is 0 Å². The number of halogens is 2. The number of hydrogen-bond donors (Lipinski definition) is 3. The summed E-state index contributed by atoms with van der Waals surface area (Å²) in [6.07, 6.45) is 0.531. The van der Waals surface area contributed by atoms with Gasteiger partial charge in [-0.1, -0.05) is 23.7 Å². The van der Waals surface area contributed by atoms with Crippen molar-refractivity contribution in [2.24, 2.45) is 5.84 Å². The number of rotatable bonds is 4. The van der Waals surface area contributed by atoms with Crippen LogP contribution in [0.25, 0.3) is 0 Å². The van der Waals surface area contributed by atoms with E-state index in [0.717, 1.165) is 11.1 Å². The molecule has 0 amide bonds. The van der Waals surface area contributed by atoms with Crippen LogP contribution in [0.5, 0.6) is 0 Å². The average Bonchev–Trinajstić information content (AvgIpc) is 2.41. The van der Waals surface area contributed by atoms with Crippen LogP contribution in [-0.4, -0.2) is 0 Å². The van der Waals surface area contributed by atoms with E-state index >= 15 is 0 Å². The van der Waals surface area contributed by atoms with Crippen LogP contribution < -0.4 is 17.0 Å². The van der Waals surface area contributed by atoms with E-state index in [1.165, 1.54) is 18.2 Å². The lowest BCUT2D eigenvalue weighted by Gasteiger charge is -2.19. The molecule has 20 heavy (non-hydrogen) atoms. The Bertz CT molecular complexity index is 616. The molecule has 0 heterocycles. The zero-order valence-corrected chi connectivity index (χ0v) is 11.9. The van der Waals surface area contributed by atoms with Gasteiger partial charge in [-0.15, -0.1) is 0 Å². The lowest BCUT2D eigenvalue weighted by Crippen LogP contribution is -2.30. The van der Waals surface area contributed by atoms with Crippen LogP contribution in [0.1, 0.15) is 22.7 Å². The van der Waals surface area contributed by atoms with Gasteiger partial charge in [0.1, 0.15) is 5.82 Å². The fourth-order valence-electron chi connectivity index (χ4n) is 2.14. The minimum absolute atomic E-state index is 0.300. The first kappa shape index (κ1) is 14.8. The molecule has 2 aromatic rings. The molecule has 0 spiro atoms. The molecule has 0 fully saturated rings. The summed E-state index contributed by atoms with van der Waals surface area (Å²) in [6.45, 7) is 1.97. The Morgan fingerprint density at radius 3 is 2.65 bits per heavy atom. The Kier molecular flexibility index (Phi) is 4.60. The van der Waals surface area contributed by atoms with Gasteiger partial charge in [-0.3, -0.25) is 11.3 Å². The Morgan fingerprint density at radius 2 is 2.00 bits per heavy atom. The van der Waals surface area contributed by atoms with E-state index in [9.17, 15) is 4.39 Å². The van der Waals surface area contributed by atoms with Crippen LogP contribution in [0.3, 0.4) is 0 Å². The topological polar surface area (TPSA) is 64.1 Å². The molecule has 2 aromatic carbocycles. The predicted octanol–water partition coefficient (Wildman–Crippen LogP) is 3.12. The molecule has 0 bridgehead atoms. The van der Waals surface area contributed by atoms with E-state index < -0.39 is 0 Å². The fourth-order valence-corrected chi connectivity index (χ4v) is 2.46. The van der Waals surface area contributed by atoms with Gasteiger partial charge in [-0.25, -0.2) is 4.39 Å². The summed E-state index contributed by atoms with van der Waals surface area (Å²) in [7, 11) is 0. The van der Waals surface area contributed by atoms with Crippen LogP contribution in [0, 0.1) is 12.7 Å². The molecule has 0 aromatic heterocycles. The van der Waals surface area contributed by atoms with Crippen LogP contribution in [0.15, 0.2) is 36.4 Å². The molecule has 0 saturated heterocycles. The van der Waals surface area contributed by atoms with Gasteiger partial charge in [0.05, 0.1) is 6.04 Å². The molecule has 3 nitrogen and oxygen atoms in total. The molecule has 0 aliphatic carbocycles. The minimum atomic E-state index is -0.343. The second-order valence-electron chi connectivity index (χ2n) is 4.79. The maximum atomic E-state index is 13.4. The second-order valence-corrected chi connectivity index (χ2v) is 5.20. The molecular weight excluding hydrogens is 277 g/mol. The number of hydrogen-bond acceptors (Lipinski definition) is 3. The predicted molar refractivity (Wildman–Crippen MR) is 80.8 cm³/mol. The number of anilines is 1.